The zero-order chi connectivity index (χ0) is 13.2. The molecule has 4 heteroatoms. The number of methoxy groups -OCH3 is 1. The lowest BCUT2D eigenvalue weighted by atomic mass is 10.2. The van der Waals surface area contributed by atoms with Gasteiger partial charge in [0.25, 0.3) is 0 Å². The number of nitrogens with zero attached hydrogens (tertiary/aromatic N) is 1. The normalized spacial score (nSPS) is 10.6. The molecule has 1 amide bonds. The number of benzene rings is 1. The smallest absolute Gasteiger partial charge is 0.240 e. The van der Waals surface area contributed by atoms with Crippen LogP contribution in [0.5, 0.6) is 5.75 Å². The highest BCUT2D eigenvalue weighted by Gasteiger charge is 1.97. The van der Waals surface area contributed by atoms with E-state index in [2.05, 4.69) is 17.5 Å². The maximum atomic E-state index is 11.4. The number of carbonyl (C=O) groups excluding carboxylic acids is 1. The van der Waals surface area contributed by atoms with E-state index in [1.54, 1.807) is 13.3 Å². The molecule has 18 heavy (non-hydrogen) atoms. The van der Waals surface area contributed by atoms with Crippen molar-refractivity contribution >= 4 is 12.1 Å². The fourth-order valence-corrected chi connectivity index (χ4v) is 1.46. The number of unbranched alkanes of at least 4 members (excludes halogenated alkanes) is 2. The molecule has 98 valence electrons. The Balaban J connectivity index is 2.32. The molecule has 0 radical (unpaired) electrons. The summed E-state index contributed by atoms with van der Waals surface area (Å²) < 4.78 is 5.05. The van der Waals surface area contributed by atoms with Crippen molar-refractivity contribution in [3.8, 4) is 5.75 Å². The molecule has 0 unspecified atom stereocenters. The van der Waals surface area contributed by atoms with Crippen LogP contribution in [0.25, 0.3) is 0 Å². The summed E-state index contributed by atoms with van der Waals surface area (Å²) in [5, 5.41) is 3.91. The van der Waals surface area contributed by atoms with Crippen molar-refractivity contribution in [2.75, 3.05) is 7.11 Å². The van der Waals surface area contributed by atoms with E-state index in [9.17, 15) is 4.79 Å². The van der Waals surface area contributed by atoms with E-state index in [0.29, 0.717) is 6.42 Å². The molecule has 0 aliphatic rings. The second kappa shape index (κ2) is 8.28. The van der Waals surface area contributed by atoms with Crippen LogP contribution in [0.3, 0.4) is 0 Å². The molecule has 4 nitrogen and oxygen atoms in total. The summed E-state index contributed by atoms with van der Waals surface area (Å²) in [6.07, 6.45) is 5.27. The maximum absolute atomic E-state index is 11.4. The molecular formula is C14H20N2O2. The van der Waals surface area contributed by atoms with Gasteiger partial charge < -0.3 is 4.74 Å². The molecule has 0 bridgehead atoms. The van der Waals surface area contributed by atoms with Crippen LogP contribution in [0.2, 0.25) is 0 Å². The third-order valence-electron chi connectivity index (χ3n) is 2.53. The highest BCUT2D eigenvalue weighted by atomic mass is 16.5. The zero-order valence-electron chi connectivity index (χ0n) is 11.0. The minimum Gasteiger partial charge on any atom is -0.497 e. The van der Waals surface area contributed by atoms with Crippen molar-refractivity contribution in [3.63, 3.8) is 0 Å². The maximum Gasteiger partial charge on any atom is 0.240 e. The van der Waals surface area contributed by atoms with E-state index in [1.165, 1.54) is 0 Å². The summed E-state index contributed by atoms with van der Waals surface area (Å²) in [6, 6.07) is 7.46. The lowest BCUT2D eigenvalue weighted by Gasteiger charge is -2.00. The van der Waals surface area contributed by atoms with Crippen LogP contribution in [0.4, 0.5) is 0 Å². The molecule has 1 aromatic carbocycles. The first-order valence-electron chi connectivity index (χ1n) is 6.22. The highest BCUT2D eigenvalue weighted by molar-refractivity contribution is 5.82. The fourth-order valence-electron chi connectivity index (χ4n) is 1.46. The van der Waals surface area contributed by atoms with Gasteiger partial charge in [-0.2, -0.15) is 5.10 Å². The summed E-state index contributed by atoms with van der Waals surface area (Å²) in [6.45, 7) is 2.11. The standard InChI is InChI=1S/C14H20N2O2/c1-3-4-5-6-14(17)16-15-11-12-7-9-13(18-2)10-8-12/h7-11H,3-6H2,1-2H3,(H,16,17)/b15-11-. The molecule has 0 saturated carbocycles. The topological polar surface area (TPSA) is 50.7 Å². The molecule has 0 aromatic heterocycles. The third kappa shape index (κ3) is 5.48. The summed E-state index contributed by atoms with van der Waals surface area (Å²) in [5.41, 5.74) is 3.44. The van der Waals surface area contributed by atoms with Crippen LogP contribution in [0.1, 0.15) is 38.2 Å². The van der Waals surface area contributed by atoms with Gasteiger partial charge in [0, 0.05) is 6.42 Å². The molecular weight excluding hydrogens is 228 g/mol. The highest BCUT2D eigenvalue weighted by Crippen LogP contribution is 2.09. The van der Waals surface area contributed by atoms with E-state index >= 15 is 0 Å². The Bertz CT molecular complexity index is 385. The van der Waals surface area contributed by atoms with Crippen LogP contribution in [-0.4, -0.2) is 19.2 Å². The van der Waals surface area contributed by atoms with Gasteiger partial charge in [0.05, 0.1) is 13.3 Å². The van der Waals surface area contributed by atoms with Crippen LogP contribution < -0.4 is 10.2 Å². The average molecular weight is 248 g/mol. The second-order valence-corrected chi connectivity index (χ2v) is 4.02. The van der Waals surface area contributed by atoms with E-state index in [4.69, 9.17) is 4.74 Å². The lowest BCUT2D eigenvalue weighted by molar-refractivity contribution is -0.121. The van der Waals surface area contributed by atoms with Gasteiger partial charge in [-0.1, -0.05) is 19.8 Å². The van der Waals surface area contributed by atoms with Crippen LogP contribution in [0.15, 0.2) is 29.4 Å². The average Bonchev–Trinajstić information content (AvgIpc) is 2.40. The second-order valence-electron chi connectivity index (χ2n) is 4.02. The summed E-state index contributed by atoms with van der Waals surface area (Å²) in [7, 11) is 1.62. The fraction of sp³-hybridized carbons (Fsp3) is 0.429. The largest absolute Gasteiger partial charge is 0.497 e. The minimum atomic E-state index is -0.0341. The van der Waals surface area contributed by atoms with Crippen LogP contribution in [0, 0.1) is 0 Å². The van der Waals surface area contributed by atoms with Crippen molar-refractivity contribution in [1.82, 2.24) is 5.43 Å². The number of hydrogen-bond acceptors (Lipinski definition) is 3. The Hall–Kier alpha value is -1.84. The number of hydrogen-bond donors (Lipinski definition) is 1. The molecule has 1 N–H and O–H groups in total. The molecule has 0 spiro atoms. The molecule has 1 rings (SSSR count). The molecule has 1 aromatic rings. The Morgan fingerprint density at radius 1 is 1.33 bits per heavy atom. The van der Waals surface area contributed by atoms with Gasteiger partial charge in [-0.05, 0) is 36.2 Å². The van der Waals surface area contributed by atoms with E-state index in [0.717, 1.165) is 30.6 Å². The predicted octanol–water partition coefficient (Wildman–Crippen LogP) is 2.73. The molecule has 0 heterocycles. The number of hydrazone groups is 1. The minimum absolute atomic E-state index is 0.0341. The zero-order valence-corrected chi connectivity index (χ0v) is 11.0. The van der Waals surface area contributed by atoms with E-state index < -0.39 is 0 Å². The van der Waals surface area contributed by atoms with Crippen LogP contribution >= 0.6 is 0 Å². The van der Waals surface area contributed by atoms with E-state index in [-0.39, 0.29) is 5.91 Å². The quantitative estimate of drug-likeness (QED) is 0.458. The summed E-state index contributed by atoms with van der Waals surface area (Å²) in [5.74, 6) is 0.768. The molecule has 0 saturated heterocycles. The number of carbonyl (C=O) groups is 1. The van der Waals surface area contributed by atoms with E-state index in [1.807, 2.05) is 24.3 Å². The van der Waals surface area contributed by atoms with Gasteiger partial charge in [0.2, 0.25) is 5.91 Å². The Morgan fingerprint density at radius 3 is 2.67 bits per heavy atom. The number of ether oxygens (including phenoxy) is 1. The molecule has 0 atom stereocenters. The summed E-state index contributed by atoms with van der Waals surface area (Å²) in [4.78, 5) is 11.4. The summed E-state index contributed by atoms with van der Waals surface area (Å²) >= 11 is 0. The van der Waals surface area contributed by atoms with Crippen LogP contribution in [-0.2, 0) is 4.79 Å². The third-order valence-corrected chi connectivity index (χ3v) is 2.53. The molecule has 0 fully saturated rings. The van der Waals surface area contributed by atoms with Gasteiger partial charge >= 0.3 is 0 Å². The lowest BCUT2D eigenvalue weighted by Crippen LogP contribution is -2.16. The molecule has 0 aliphatic carbocycles. The van der Waals surface area contributed by atoms with Crippen molar-refractivity contribution in [2.45, 2.75) is 32.6 Å². The monoisotopic (exact) mass is 248 g/mol. The number of rotatable bonds is 7. The van der Waals surface area contributed by atoms with Gasteiger partial charge in [0.15, 0.2) is 0 Å². The Labute approximate surface area is 108 Å². The first kappa shape index (κ1) is 14.2. The van der Waals surface area contributed by atoms with Gasteiger partial charge in [0.1, 0.15) is 5.75 Å². The first-order valence-corrected chi connectivity index (χ1v) is 6.22. The van der Waals surface area contributed by atoms with Crippen molar-refractivity contribution in [1.29, 1.82) is 0 Å². The van der Waals surface area contributed by atoms with Gasteiger partial charge in [-0.25, -0.2) is 5.43 Å². The Morgan fingerprint density at radius 2 is 2.06 bits per heavy atom. The van der Waals surface area contributed by atoms with Gasteiger partial charge in [-0.15, -0.1) is 0 Å². The number of nitrogens with one attached hydrogen (secondary N) is 1. The van der Waals surface area contributed by atoms with Crippen molar-refractivity contribution in [2.24, 2.45) is 5.10 Å². The first-order chi connectivity index (χ1) is 8.76. The molecule has 0 aliphatic heterocycles. The van der Waals surface area contributed by atoms with Crippen molar-refractivity contribution in [3.05, 3.63) is 29.8 Å². The Kier molecular flexibility index (Phi) is 6.54. The SMILES string of the molecule is CCCCCC(=O)N/N=C\c1ccc(OC)cc1. The predicted molar refractivity (Wildman–Crippen MR) is 72.9 cm³/mol. The van der Waals surface area contributed by atoms with Gasteiger partial charge in [-0.3, -0.25) is 4.79 Å². The van der Waals surface area contributed by atoms with Crippen molar-refractivity contribution < 1.29 is 9.53 Å². The number of amides is 1.